The summed E-state index contributed by atoms with van der Waals surface area (Å²) in [5.74, 6) is 0.630. The van der Waals surface area contributed by atoms with Crippen LogP contribution >= 0.6 is 22.6 Å². The fourth-order valence-corrected chi connectivity index (χ4v) is 5.18. The number of aromatic nitrogens is 1. The van der Waals surface area contributed by atoms with Crippen LogP contribution in [0.5, 0.6) is 5.75 Å². The van der Waals surface area contributed by atoms with Crippen molar-refractivity contribution in [1.82, 2.24) is 3.97 Å². The van der Waals surface area contributed by atoms with Gasteiger partial charge in [-0.3, -0.25) is 0 Å². The molecule has 0 unspecified atom stereocenters. The number of benzene rings is 3. The van der Waals surface area contributed by atoms with Crippen molar-refractivity contribution in [3.8, 4) is 5.75 Å². The van der Waals surface area contributed by atoms with Crippen LogP contribution in [0.15, 0.2) is 90.0 Å². The quantitative estimate of drug-likeness (QED) is 0.369. The van der Waals surface area contributed by atoms with Gasteiger partial charge >= 0.3 is 0 Å². The molecule has 4 aromatic rings. The van der Waals surface area contributed by atoms with Crippen molar-refractivity contribution in [2.75, 3.05) is 0 Å². The van der Waals surface area contributed by atoms with E-state index in [1.165, 1.54) is 3.97 Å². The normalized spacial score (nSPS) is 11.6. The lowest BCUT2D eigenvalue weighted by molar-refractivity contribution is 0.306. The summed E-state index contributed by atoms with van der Waals surface area (Å²) in [5.41, 5.74) is 1.66. The van der Waals surface area contributed by atoms with E-state index in [-0.39, 0.29) is 4.90 Å². The van der Waals surface area contributed by atoms with Gasteiger partial charge in [0.25, 0.3) is 10.0 Å². The van der Waals surface area contributed by atoms with Crippen molar-refractivity contribution in [3.63, 3.8) is 0 Å². The number of hydrogen-bond donors (Lipinski definition) is 0. The number of fused-ring (bicyclic) bond motifs is 1. The predicted octanol–water partition coefficient (Wildman–Crippen LogP) is 5.06. The molecule has 0 aliphatic heterocycles. The van der Waals surface area contributed by atoms with Gasteiger partial charge in [-0.1, -0.05) is 48.5 Å². The third-order valence-electron chi connectivity index (χ3n) is 4.24. The molecule has 4 nitrogen and oxygen atoms in total. The molecule has 0 saturated carbocycles. The molecule has 0 spiro atoms. The van der Waals surface area contributed by atoms with Gasteiger partial charge in [-0.05, 0) is 52.4 Å². The van der Waals surface area contributed by atoms with E-state index in [1.54, 1.807) is 42.6 Å². The van der Waals surface area contributed by atoms with Gasteiger partial charge in [0.15, 0.2) is 0 Å². The molecule has 0 aliphatic carbocycles. The van der Waals surface area contributed by atoms with Gasteiger partial charge in [0, 0.05) is 21.2 Å². The van der Waals surface area contributed by atoms with Crippen LogP contribution in [0.3, 0.4) is 0 Å². The van der Waals surface area contributed by atoms with Gasteiger partial charge < -0.3 is 4.74 Å². The highest BCUT2D eigenvalue weighted by molar-refractivity contribution is 14.1. The Bertz CT molecular complexity index is 1190. The molecule has 3 aromatic carbocycles. The summed E-state index contributed by atoms with van der Waals surface area (Å²) in [6, 6.07) is 23.8. The molecule has 6 heteroatoms. The minimum Gasteiger partial charge on any atom is -0.489 e. The van der Waals surface area contributed by atoms with Gasteiger partial charge in [0.2, 0.25) is 0 Å². The zero-order valence-corrected chi connectivity index (χ0v) is 17.2. The molecule has 136 valence electrons. The summed E-state index contributed by atoms with van der Waals surface area (Å²) in [7, 11) is -3.67. The molecule has 0 amide bonds. The van der Waals surface area contributed by atoms with Crippen LogP contribution < -0.4 is 4.74 Å². The number of ether oxygens (including phenoxy) is 1. The SMILES string of the molecule is O=S(=O)(c1ccccc1)n1cc(I)c2ccc(OCc3ccccc3)cc21. The lowest BCUT2D eigenvalue weighted by Crippen LogP contribution is -2.11. The molecule has 1 heterocycles. The Morgan fingerprint density at radius 2 is 1.56 bits per heavy atom. The second-order valence-corrected chi connectivity index (χ2v) is 9.02. The zero-order valence-electron chi connectivity index (χ0n) is 14.2. The molecule has 0 N–H and O–H groups in total. The highest BCUT2D eigenvalue weighted by Gasteiger charge is 2.20. The lowest BCUT2D eigenvalue weighted by Gasteiger charge is -2.10. The molecule has 0 saturated heterocycles. The van der Waals surface area contributed by atoms with E-state index >= 15 is 0 Å². The van der Waals surface area contributed by atoms with Gasteiger partial charge in [0.1, 0.15) is 12.4 Å². The van der Waals surface area contributed by atoms with E-state index in [2.05, 4.69) is 22.6 Å². The average Bonchev–Trinajstić information content (AvgIpc) is 3.05. The van der Waals surface area contributed by atoms with Crippen molar-refractivity contribution in [1.29, 1.82) is 0 Å². The molecule has 0 radical (unpaired) electrons. The average molecular weight is 489 g/mol. The van der Waals surface area contributed by atoms with E-state index in [1.807, 2.05) is 42.5 Å². The first-order valence-electron chi connectivity index (χ1n) is 8.34. The smallest absolute Gasteiger partial charge is 0.268 e. The molecule has 0 bridgehead atoms. The fraction of sp³-hybridized carbons (Fsp3) is 0.0476. The summed E-state index contributed by atoms with van der Waals surface area (Å²) in [6.45, 7) is 0.426. The van der Waals surface area contributed by atoms with E-state index in [0.717, 1.165) is 14.5 Å². The first-order valence-corrected chi connectivity index (χ1v) is 10.9. The van der Waals surface area contributed by atoms with E-state index in [0.29, 0.717) is 17.9 Å². The van der Waals surface area contributed by atoms with Gasteiger partial charge in [-0.15, -0.1) is 0 Å². The van der Waals surface area contributed by atoms with Gasteiger partial charge in [-0.2, -0.15) is 0 Å². The van der Waals surface area contributed by atoms with Crippen molar-refractivity contribution < 1.29 is 13.2 Å². The molecular weight excluding hydrogens is 473 g/mol. The number of hydrogen-bond acceptors (Lipinski definition) is 3. The maximum absolute atomic E-state index is 13.1. The van der Waals surface area contributed by atoms with E-state index in [9.17, 15) is 8.42 Å². The summed E-state index contributed by atoms with van der Waals surface area (Å²) in [5, 5.41) is 0.877. The highest BCUT2D eigenvalue weighted by Crippen LogP contribution is 2.30. The Morgan fingerprint density at radius 3 is 2.26 bits per heavy atom. The maximum Gasteiger partial charge on any atom is 0.268 e. The maximum atomic E-state index is 13.1. The number of nitrogens with zero attached hydrogens (tertiary/aromatic N) is 1. The monoisotopic (exact) mass is 489 g/mol. The van der Waals surface area contributed by atoms with Crippen LogP contribution in [0.4, 0.5) is 0 Å². The fourth-order valence-electron chi connectivity index (χ4n) is 2.87. The van der Waals surface area contributed by atoms with Crippen molar-refractivity contribution in [2.45, 2.75) is 11.5 Å². The first-order chi connectivity index (χ1) is 13.1. The topological polar surface area (TPSA) is 48.3 Å². The highest BCUT2D eigenvalue weighted by atomic mass is 127. The van der Waals surface area contributed by atoms with E-state index < -0.39 is 10.0 Å². The Balaban J connectivity index is 1.74. The second kappa shape index (κ2) is 7.36. The van der Waals surface area contributed by atoms with Gasteiger partial charge in [-0.25, -0.2) is 12.4 Å². The Kier molecular flexibility index (Phi) is 4.92. The Hall–Kier alpha value is -2.32. The summed E-state index contributed by atoms with van der Waals surface area (Å²) >= 11 is 2.15. The zero-order chi connectivity index (χ0) is 18.9. The standard InChI is InChI=1S/C21H16INO3S/c22-20-14-23(27(24,25)18-9-5-2-6-10-18)21-13-17(11-12-19(20)21)26-15-16-7-3-1-4-8-16/h1-14H,15H2. The van der Waals surface area contributed by atoms with Crippen LogP contribution in [0, 0.1) is 3.57 Å². The summed E-state index contributed by atoms with van der Waals surface area (Å²) in [4.78, 5) is 0.258. The molecular formula is C21H16INO3S. The Labute approximate surface area is 171 Å². The molecule has 1 aromatic heterocycles. The van der Waals surface area contributed by atoms with Crippen molar-refractivity contribution >= 4 is 43.5 Å². The minimum atomic E-state index is -3.67. The van der Waals surface area contributed by atoms with Crippen LogP contribution in [-0.2, 0) is 16.6 Å². The second-order valence-electron chi connectivity index (χ2n) is 6.04. The minimum absolute atomic E-state index is 0.258. The predicted molar refractivity (Wildman–Crippen MR) is 114 cm³/mol. The van der Waals surface area contributed by atoms with Crippen molar-refractivity contribution in [3.05, 3.63) is 94.2 Å². The molecule has 4 rings (SSSR count). The third kappa shape index (κ3) is 3.59. The van der Waals surface area contributed by atoms with Crippen LogP contribution in [-0.4, -0.2) is 12.4 Å². The summed E-state index contributed by atoms with van der Waals surface area (Å²) < 4.78 is 34.2. The van der Waals surface area contributed by atoms with Crippen LogP contribution in [0.1, 0.15) is 5.56 Å². The van der Waals surface area contributed by atoms with E-state index in [4.69, 9.17) is 4.74 Å². The molecule has 0 aliphatic rings. The van der Waals surface area contributed by atoms with Crippen LogP contribution in [0.2, 0.25) is 0 Å². The summed E-state index contributed by atoms with van der Waals surface area (Å²) in [6.07, 6.45) is 1.65. The number of rotatable bonds is 5. The number of halogens is 1. The largest absolute Gasteiger partial charge is 0.489 e. The molecule has 0 atom stereocenters. The lowest BCUT2D eigenvalue weighted by atomic mass is 10.2. The van der Waals surface area contributed by atoms with Gasteiger partial charge in [0.05, 0.1) is 10.4 Å². The molecule has 27 heavy (non-hydrogen) atoms. The van der Waals surface area contributed by atoms with Crippen molar-refractivity contribution in [2.24, 2.45) is 0 Å². The van der Waals surface area contributed by atoms with Crippen LogP contribution in [0.25, 0.3) is 10.9 Å². The third-order valence-corrected chi connectivity index (χ3v) is 6.79. The first kappa shape index (κ1) is 18.1. The Morgan fingerprint density at radius 1 is 0.889 bits per heavy atom. The molecule has 0 fully saturated rings.